The lowest BCUT2D eigenvalue weighted by atomic mass is 9.90. The number of nitrogens with one attached hydrogen (secondary N) is 1. The van der Waals surface area contributed by atoms with Gasteiger partial charge in [0.2, 0.25) is 0 Å². The Balaban J connectivity index is 1.99. The van der Waals surface area contributed by atoms with Crippen LogP contribution in [0.4, 0.5) is 8.78 Å². The smallest absolute Gasteiger partial charge is 0.273 e. The van der Waals surface area contributed by atoms with Gasteiger partial charge in [-0.2, -0.15) is 0 Å². The molecule has 0 radical (unpaired) electrons. The lowest BCUT2D eigenvalue weighted by Gasteiger charge is -2.22. The maximum absolute atomic E-state index is 13.5. The SMILES string of the molecule is CCC(F)(F)c1ccc(CC2CCNCC2)cc1. The van der Waals surface area contributed by atoms with E-state index in [4.69, 9.17) is 0 Å². The van der Waals surface area contributed by atoms with Gasteiger partial charge in [0.1, 0.15) is 0 Å². The van der Waals surface area contributed by atoms with E-state index in [1.807, 2.05) is 12.1 Å². The second-order valence-corrected chi connectivity index (χ2v) is 5.15. The summed E-state index contributed by atoms with van der Waals surface area (Å²) in [5, 5.41) is 3.34. The molecule has 1 aliphatic rings. The first-order chi connectivity index (χ1) is 8.62. The molecule has 1 fully saturated rings. The average Bonchev–Trinajstić information content (AvgIpc) is 2.40. The monoisotopic (exact) mass is 253 g/mol. The molecule has 0 atom stereocenters. The van der Waals surface area contributed by atoms with Gasteiger partial charge in [-0.25, -0.2) is 8.78 Å². The summed E-state index contributed by atoms with van der Waals surface area (Å²) in [7, 11) is 0. The molecule has 1 saturated heterocycles. The van der Waals surface area contributed by atoms with Gasteiger partial charge >= 0.3 is 0 Å². The van der Waals surface area contributed by atoms with E-state index in [9.17, 15) is 8.78 Å². The Morgan fingerprint density at radius 1 is 1.17 bits per heavy atom. The highest BCUT2D eigenvalue weighted by Crippen LogP contribution is 2.31. The summed E-state index contributed by atoms with van der Waals surface area (Å²) < 4.78 is 26.9. The van der Waals surface area contributed by atoms with Crippen LogP contribution in [-0.2, 0) is 12.3 Å². The maximum Gasteiger partial charge on any atom is 0.273 e. The first kappa shape index (κ1) is 13.5. The van der Waals surface area contributed by atoms with Crippen LogP contribution < -0.4 is 5.32 Å². The fourth-order valence-corrected chi connectivity index (χ4v) is 2.51. The third kappa shape index (κ3) is 3.29. The molecule has 0 spiro atoms. The Hall–Kier alpha value is -0.960. The molecule has 2 rings (SSSR count). The van der Waals surface area contributed by atoms with E-state index in [1.165, 1.54) is 25.3 Å². The van der Waals surface area contributed by atoms with Gasteiger partial charge in [-0.3, -0.25) is 0 Å². The Kier molecular flexibility index (Phi) is 4.33. The predicted molar refractivity (Wildman–Crippen MR) is 69.9 cm³/mol. The average molecular weight is 253 g/mol. The summed E-state index contributed by atoms with van der Waals surface area (Å²) in [6.45, 7) is 3.68. The van der Waals surface area contributed by atoms with Gasteiger partial charge < -0.3 is 5.32 Å². The van der Waals surface area contributed by atoms with Crippen molar-refractivity contribution < 1.29 is 8.78 Å². The highest BCUT2D eigenvalue weighted by molar-refractivity contribution is 5.26. The van der Waals surface area contributed by atoms with Gasteiger partial charge in [0.15, 0.2) is 0 Å². The molecule has 0 aliphatic carbocycles. The highest BCUT2D eigenvalue weighted by Gasteiger charge is 2.28. The van der Waals surface area contributed by atoms with Crippen molar-refractivity contribution in [2.75, 3.05) is 13.1 Å². The van der Waals surface area contributed by atoms with Crippen LogP contribution in [-0.4, -0.2) is 13.1 Å². The van der Waals surface area contributed by atoms with Gasteiger partial charge in [-0.05, 0) is 43.8 Å². The molecule has 1 aromatic rings. The maximum atomic E-state index is 13.5. The predicted octanol–water partition coefficient (Wildman–Crippen LogP) is 3.73. The Labute approximate surface area is 108 Å². The third-order valence-corrected chi connectivity index (χ3v) is 3.80. The molecule has 0 bridgehead atoms. The number of benzene rings is 1. The van der Waals surface area contributed by atoms with Crippen LogP contribution in [0.2, 0.25) is 0 Å². The summed E-state index contributed by atoms with van der Waals surface area (Å²) in [6.07, 6.45) is 3.25. The van der Waals surface area contributed by atoms with Crippen LogP contribution in [0.15, 0.2) is 24.3 Å². The fraction of sp³-hybridized carbons (Fsp3) is 0.600. The summed E-state index contributed by atoms with van der Waals surface area (Å²) in [6, 6.07) is 6.89. The van der Waals surface area contributed by atoms with Crippen LogP contribution in [0.5, 0.6) is 0 Å². The number of rotatable bonds is 4. The first-order valence-corrected chi connectivity index (χ1v) is 6.80. The van der Waals surface area contributed by atoms with Crippen molar-refractivity contribution >= 4 is 0 Å². The van der Waals surface area contributed by atoms with E-state index in [-0.39, 0.29) is 12.0 Å². The van der Waals surface area contributed by atoms with E-state index < -0.39 is 5.92 Å². The van der Waals surface area contributed by atoms with Gasteiger partial charge in [0, 0.05) is 12.0 Å². The third-order valence-electron chi connectivity index (χ3n) is 3.80. The molecule has 18 heavy (non-hydrogen) atoms. The normalized spacial score (nSPS) is 17.9. The summed E-state index contributed by atoms with van der Waals surface area (Å²) >= 11 is 0. The molecule has 1 aliphatic heterocycles. The van der Waals surface area contributed by atoms with Crippen molar-refractivity contribution in [3.05, 3.63) is 35.4 Å². The van der Waals surface area contributed by atoms with Crippen LogP contribution >= 0.6 is 0 Å². The largest absolute Gasteiger partial charge is 0.317 e. The van der Waals surface area contributed by atoms with Crippen LogP contribution in [0.3, 0.4) is 0 Å². The van der Waals surface area contributed by atoms with Gasteiger partial charge in [-0.1, -0.05) is 31.2 Å². The molecule has 3 heteroatoms. The number of piperidine rings is 1. The topological polar surface area (TPSA) is 12.0 Å². The molecule has 0 saturated carbocycles. The standard InChI is InChI=1S/C15H21F2N/c1-2-15(16,17)14-5-3-12(4-6-14)11-13-7-9-18-10-8-13/h3-6,13,18H,2,7-11H2,1H3. The molecule has 1 heterocycles. The quantitative estimate of drug-likeness (QED) is 0.862. The molecule has 1 aromatic carbocycles. The number of hydrogen-bond acceptors (Lipinski definition) is 1. The van der Waals surface area contributed by atoms with E-state index >= 15 is 0 Å². The molecular formula is C15H21F2N. The molecule has 100 valence electrons. The molecule has 0 amide bonds. The van der Waals surface area contributed by atoms with Crippen LogP contribution in [0.1, 0.15) is 37.3 Å². The Morgan fingerprint density at radius 2 is 1.78 bits per heavy atom. The summed E-state index contributed by atoms with van der Waals surface area (Å²) in [4.78, 5) is 0. The van der Waals surface area contributed by atoms with Gasteiger partial charge in [0.25, 0.3) is 5.92 Å². The number of halogens is 2. The van der Waals surface area contributed by atoms with Crippen molar-refractivity contribution in [2.45, 2.75) is 38.5 Å². The lowest BCUT2D eigenvalue weighted by Crippen LogP contribution is -2.28. The van der Waals surface area contributed by atoms with Crippen LogP contribution in [0.25, 0.3) is 0 Å². The molecular weight excluding hydrogens is 232 g/mol. The van der Waals surface area contributed by atoms with Gasteiger partial charge in [-0.15, -0.1) is 0 Å². The van der Waals surface area contributed by atoms with Crippen molar-refractivity contribution in [1.82, 2.24) is 5.32 Å². The first-order valence-electron chi connectivity index (χ1n) is 6.80. The minimum absolute atomic E-state index is 0.138. The fourth-order valence-electron chi connectivity index (χ4n) is 2.51. The van der Waals surface area contributed by atoms with Crippen molar-refractivity contribution in [2.24, 2.45) is 5.92 Å². The molecule has 1 nitrogen and oxygen atoms in total. The van der Waals surface area contributed by atoms with Crippen molar-refractivity contribution in [3.63, 3.8) is 0 Å². The van der Waals surface area contributed by atoms with E-state index in [2.05, 4.69) is 5.32 Å². The summed E-state index contributed by atoms with van der Waals surface area (Å²) in [5.41, 5.74) is 1.32. The van der Waals surface area contributed by atoms with Gasteiger partial charge in [0.05, 0.1) is 0 Å². The van der Waals surface area contributed by atoms with E-state index in [0.717, 1.165) is 19.5 Å². The minimum atomic E-state index is -2.69. The Bertz CT molecular complexity index is 367. The Morgan fingerprint density at radius 3 is 2.33 bits per heavy atom. The molecule has 0 aromatic heterocycles. The number of alkyl halides is 2. The second kappa shape index (κ2) is 5.79. The molecule has 1 N–H and O–H groups in total. The second-order valence-electron chi connectivity index (χ2n) is 5.15. The number of hydrogen-bond donors (Lipinski definition) is 1. The summed E-state index contributed by atoms with van der Waals surface area (Å²) in [5.74, 6) is -1.99. The highest BCUT2D eigenvalue weighted by atomic mass is 19.3. The zero-order chi connectivity index (χ0) is 13.0. The zero-order valence-electron chi connectivity index (χ0n) is 10.9. The minimum Gasteiger partial charge on any atom is -0.317 e. The van der Waals surface area contributed by atoms with E-state index in [1.54, 1.807) is 12.1 Å². The molecule has 0 unspecified atom stereocenters. The zero-order valence-corrected chi connectivity index (χ0v) is 10.9. The van der Waals surface area contributed by atoms with Crippen molar-refractivity contribution in [3.8, 4) is 0 Å². The van der Waals surface area contributed by atoms with Crippen molar-refractivity contribution in [1.29, 1.82) is 0 Å². The van der Waals surface area contributed by atoms with E-state index in [0.29, 0.717) is 5.92 Å². The lowest BCUT2D eigenvalue weighted by molar-refractivity contribution is -0.00829. The van der Waals surface area contributed by atoms with Crippen LogP contribution in [0, 0.1) is 5.92 Å².